The fraction of sp³-hybridized carbons (Fsp3) is 0.636. The van der Waals surface area contributed by atoms with Crippen molar-refractivity contribution in [3.8, 4) is 0 Å². The molecule has 94 valence electrons. The smallest absolute Gasteiger partial charge is 0.256 e. The Labute approximate surface area is 101 Å². The Hall–Kier alpha value is -1.40. The van der Waals surface area contributed by atoms with Gasteiger partial charge in [0.2, 0.25) is 0 Å². The lowest BCUT2D eigenvalue weighted by atomic mass is 10.2. The molecule has 0 bridgehead atoms. The van der Waals surface area contributed by atoms with Gasteiger partial charge in [-0.15, -0.1) is 0 Å². The first-order chi connectivity index (χ1) is 8.16. The van der Waals surface area contributed by atoms with Crippen LogP contribution in [0.4, 0.5) is 0 Å². The molecule has 1 aliphatic heterocycles. The summed E-state index contributed by atoms with van der Waals surface area (Å²) in [6.07, 6.45) is 3.38. The van der Waals surface area contributed by atoms with E-state index in [1.807, 2.05) is 0 Å². The van der Waals surface area contributed by atoms with E-state index in [1.165, 1.54) is 0 Å². The predicted molar refractivity (Wildman–Crippen MR) is 62.8 cm³/mol. The maximum absolute atomic E-state index is 12.0. The third-order valence-corrected chi connectivity index (χ3v) is 2.78. The van der Waals surface area contributed by atoms with Gasteiger partial charge in [-0.05, 0) is 0 Å². The van der Waals surface area contributed by atoms with E-state index >= 15 is 0 Å². The number of hydrogen-bond acceptors (Lipinski definition) is 4. The molecule has 1 aromatic rings. The van der Waals surface area contributed by atoms with E-state index in [-0.39, 0.29) is 12.0 Å². The number of aryl methyl sites for hydroxylation is 1. The number of aromatic nitrogens is 2. The molecule has 0 spiro atoms. The second kappa shape index (κ2) is 5.29. The maximum atomic E-state index is 12.0. The lowest BCUT2D eigenvalue weighted by Gasteiger charge is -2.27. The van der Waals surface area contributed by atoms with E-state index in [4.69, 9.17) is 4.74 Å². The molecule has 2 heterocycles. The van der Waals surface area contributed by atoms with Crippen molar-refractivity contribution in [2.24, 2.45) is 7.05 Å². The first-order valence-electron chi connectivity index (χ1n) is 5.73. The van der Waals surface area contributed by atoms with Gasteiger partial charge in [-0.3, -0.25) is 9.48 Å². The highest BCUT2D eigenvalue weighted by Gasteiger charge is 2.20. The van der Waals surface area contributed by atoms with Gasteiger partial charge in [-0.25, -0.2) is 0 Å². The lowest BCUT2D eigenvalue weighted by molar-refractivity contribution is 0.0104. The van der Waals surface area contributed by atoms with E-state index in [0.29, 0.717) is 18.7 Å². The molecule has 1 atom stereocenters. The van der Waals surface area contributed by atoms with Crippen LogP contribution in [0.2, 0.25) is 0 Å². The Morgan fingerprint density at radius 1 is 1.76 bits per heavy atom. The van der Waals surface area contributed by atoms with Crippen LogP contribution < -0.4 is 5.32 Å². The highest BCUT2D eigenvalue weighted by Crippen LogP contribution is 2.04. The third-order valence-electron chi connectivity index (χ3n) is 2.78. The van der Waals surface area contributed by atoms with Crippen LogP contribution in [0.1, 0.15) is 10.4 Å². The van der Waals surface area contributed by atoms with Crippen molar-refractivity contribution in [3.05, 3.63) is 18.0 Å². The summed E-state index contributed by atoms with van der Waals surface area (Å²) >= 11 is 0. The monoisotopic (exact) mass is 238 g/mol. The Balaban J connectivity index is 1.90. The summed E-state index contributed by atoms with van der Waals surface area (Å²) in [5.74, 6) is -0.0210. The molecule has 1 saturated heterocycles. The van der Waals surface area contributed by atoms with Gasteiger partial charge in [0.25, 0.3) is 5.91 Å². The van der Waals surface area contributed by atoms with E-state index in [2.05, 4.69) is 10.4 Å². The van der Waals surface area contributed by atoms with E-state index < -0.39 is 0 Å². The quantitative estimate of drug-likeness (QED) is 0.770. The van der Waals surface area contributed by atoms with E-state index in [1.54, 1.807) is 36.1 Å². The van der Waals surface area contributed by atoms with Crippen molar-refractivity contribution in [3.63, 3.8) is 0 Å². The topological polar surface area (TPSA) is 59.4 Å². The minimum Gasteiger partial charge on any atom is -0.374 e. The number of ether oxygens (including phenoxy) is 1. The van der Waals surface area contributed by atoms with Gasteiger partial charge in [-0.2, -0.15) is 5.10 Å². The summed E-state index contributed by atoms with van der Waals surface area (Å²) in [6.45, 7) is 2.99. The second-order valence-corrected chi connectivity index (χ2v) is 4.29. The van der Waals surface area contributed by atoms with Crippen molar-refractivity contribution >= 4 is 5.91 Å². The molecule has 0 aliphatic carbocycles. The number of carbonyl (C=O) groups excluding carboxylic acids is 1. The fourth-order valence-corrected chi connectivity index (χ4v) is 1.88. The first kappa shape index (κ1) is 12.1. The van der Waals surface area contributed by atoms with Crippen molar-refractivity contribution < 1.29 is 9.53 Å². The number of hydrogen-bond donors (Lipinski definition) is 1. The standard InChI is InChI=1S/C11H18N4O2/c1-14(8-10-6-12-3-4-17-10)11(16)9-5-13-15(2)7-9/h5,7,10,12H,3-4,6,8H2,1-2H3. The van der Waals surface area contributed by atoms with Crippen molar-refractivity contribution in [1.82, 2.24) is 20.0 Å². The highest BCUT2D eigenvalue weighted by molar-refractivity contribution is 5.93. The number of likely N-dealkylation sites (N-methyl/N-ethyl adjacent to an activating group) is 1. The largest absolute Gasteiger partial charge is 0.374 e. The molecule has 0 radical (unpaired) electrons. The minimum atomic E-state index is -0.0210. The zero-order chi connectivity index (χ0) is 12.3. The maximum Gasteiger partial charge on any atom is 0.256 e. The second-order valence-electron chi connectivity index (χ2n) is 4.29. The summed E-state index contributed by atoms with van der Waals surface area (Å²) in [5.41, 5.74) is 0.610. The van der Waals surface area contributed by atoms with Crippen LogP contribution in [-0.4, -0.2) is 60.0 Å². The highest BCUT2D eigenvalue weighted by atomic mass is 16.5. The molecule has 1 fully saturated rings. The molecule has 6 nitrogen and oxygen atoms in total. The SMILES string of the molecule is CN(CC1CNCCO1)C(=O)c1cnn(C)c1. The van der Waals surface area contributed by atoms with Gasteiger partial charge in [0.1, 0.15) is 0 Å². The van der Waals surface area contributed by atoms with Gasteiger partial charge < -0.3 is 15.0 Å². The summed E-state index contributed by atoms with van der Waals surface area (Å²) in [4.78, 5) is 13.7. The summed E-state index contributed by atoms with van der Waals surface area (Å²) in [7, 11) is 3.58. The van der Waals surface area contributed by atoms with Gasteiger partial charge in [0, 0.05) is 39.9 Å². The molecule has 1 amide bonds. The van der Waals surface area contributed by atoms with E-state index in [0.717, 1.165) is 13.1 Å². The van der Waals surface area contributed by atoms with Crippen LogP contribution in [0.15, 0.2) is 12.4 Å². The Kier molecular flexibility index (Phi) is 3.75. The van der Waals surface area contributed by atoms with E-state index in [9.17, 15) is 4.79 Å². The molecule has 0 aromatic carbocycles. The summed E-state index contributed by atoms with van der Waals surface area (Å²) in [5, 5.41) is 7.24. The normalized spacial score (nSPS) is 20.2. The number of nitrogens with one attached hydrogen (secondary N) is 1. The summed E-state index contributed by atoms with van der Waals surface area (Å²) < 4.78 is 7.19. The van der Waals surface area contributed by atoms with Gasteiger partial charge in [0.05, 0.1) is 24.5 Å². The third kappa shape index (κ3) is 3.04. The zero-order valence-electron chi connectivity index (χ0n) is 10.2. The average Bonchev–Trinajstić information content (AvgIpc) is 2.76. The molecular formula is C11H18N4O2. The summed E-state index contributed by atoms with van der Waals surface area (Å²) in [6, 6.07) is 0. The number of rotatable bonds is 3. The lowest BCUT2D eigenvalue weighted by Crippen LogP contribution is -2.45. The van der Waals surface area contributed by atoms with Crippen molar-refractivity contribution in [1.29, 1.82) is 0 Å². The molecule has 1 aliphatic rings. The predicted octanol–water partition coefficient (Wildman–Crippen LogP) is -0.519. The fourth-order valence-electron chi connectivity index (χ4n) is 1.88. The number of amides is 1. The molecule has 0 saturated carbocycles. The average molecular weight is 238 g/mol. The Bertz CT molecular complexity index is 385. The Morgan fingerprint density at radius 3 is 3.18 bits per heavy atom. The first-order valence-corrected chi connectivity index (χ1v) is 5.73. The van der Waals surface area contributed by atoms with Gasteiger partial charge in [-0.1, -0.05) is 0 Å². The Morgan fingerprint density at radius 2 is 2.59 bits per heavy atom. The van der Waals surface area contributed by atoms with Crippen molar-refractivity contribution in [2.75, 3.05) is 33.3 Å². The van der Waals surface area contributed by atoms with Crippen LogP contribution in [0.3, 0.4) is 0 Å². The molecule has 1 unspecified atom stereocenters. The van der Waals surface area contributed by atoms with Crippen LogP contribution in [-0.2, 0) is 11.8 Å². The van der Waals surface area contributed by atoms with Crippen LogP contribution >= 0.6 is 0 Å². The molecule has 17 heavy (non-hydrogen) atoms. The van der Waals surface area contributed by atoms with Crippen molar-refractivity contribution in [2.45, 2.75) is 6.10 Å². The zero-order valence-corrected chi connectivity index (χ0v) is 10.2. The minimum absolute atomic E-state index is 0.0210. The number of nitrogens with zero attached hydrogens (tertiary/aromatic N) is 3. The number of carbonyl (C=O) groups is 1. The molecule has 1 aromatic heterocycles. The van der Waals surface area contributed by atoms with Gasteiger partial charge >= 0.3 is 0 Å². The number of morpholine rings is 1. The van der Waals surface area contributed by atoms with Crippen LogP contribution in [0.5, 0.6) is 0 Å². The van der Waals surface area contributed by atoms with Gasteiger partial charge in [0.15, 0.2) is 0 Å². The molecular weight excluding hydrogens is 220 g/mol. The molecule has 2 rings (SSSR count). The van der Waals surface area contributed by atoms with Crippen LogP contribution in [0.25, 0.3) is 0 Å². The molecule has 6 heteroatoms. The van der Waals surface area contributed by atoms with Crippen LogP contribution in [0, 0.1) is 0 Å². The molecule has 1 N–H and O–H groups in total.